The lowest BCUT2D eigenvalue weighted by molar-refractivity contribution is -0.143. The Morgan fingerprint density at radius 1 is 0.871 bits per heavy atom. The number of carbonyl (C=O) groups excluding carboxylic acids is 1. The summed E-state index contributed by atoms with van der Waals surface area (Å²) in [6.07, 6.45) is 0.379. The summed E-state index contributed by atoms with van der Waals surface area (Å²) < 4.78 is 37.8. The molecule has 0 amide bonds. The van der Waals surface area contributed by atoms with Gasteiger partial charge in [-0.2, -0.15) is 0 Å². The zero-order chi connectivity index (χ0) is 22.3. The highest BCUT2D eigenvalue weighted by Crippen LogP contribution is 2.33. The summed E-state index contributed by atoms with van der Waals surface area (Å²) in [5.74, 6) is -0.826. The van der Waals surface area contributed by atoms with E-state index in [0.717, 1.165) is 11.1 Å². The number of benzene rings is 3. The molecular formula is C25H26O5S. The van der Waals surface area contributed by atoms with E-state index in [1.165, 1.54) is 19.2 Å². The molecule has 2 unspecified atom stereocenters. The van der Waals surface area contributed by atoms with Gasteiger partial charge in [0, 0.05) is 5.92 Å². The molecule has 3 rings (SSSR count). The lowest BCUT2D eigenvalue weighted by atomic mass is 9.89. The molecule has 3 aromatic carbocycles. The van der Waals surface area contributed by atoms with Gasteiger partial charge in [0.15, 0.2) is 15.1 Å². The monoisotopic (exact) mass is 438 g/mol. The molecule has 0 radical (unpaired) electrons. The molecule has 0 heterocycles. The third-order valence-electron chi connectivity index (χ3n) is 5.13. The first-order chi connectivity index (χ1) is 15.0. The van der Waals surface area contributed by atoms with Crippen LogP contribution in [0.4, 0.5) is 0 Å². The van der Waals surface area contributed by atoms with Gasteiger partial charge in [-0.1, -0.05) is 60.7 Å². The third kappa shape index (κ3) is 5.33. The molecule has 3 aromatic rings. The number of methoxy groups -OCH3 is 1. The van der Waals surface area contributed by atoms with Crippen LogP contribution in [0.5, 0.6) is 5.75 Å². The fraction of sp³-hybridized carbons (Fsp3) is 0.240. The zero-order valence-electron chi connectivity index (χ0n) is 17.6. The highest BCUT2D eigenvalue weighted by Gasteiger charge is 2.42. The standard InChI is InChI=1S/C25H26O5S/c1-3-30-25(26)24(31(27,28)22-16-14-21(29-2)15-17-22)23(20-12-8-5-9-13-20)18-19-10-6-4-7-11-19/h4-17,23-24H,3,18H2,1-2H3. The van der Waals surface area contributed by atoms with Crippen LogP contribution in [0.15, 0.2) is 89.8 Å². The Balaban J connectivity index is 2.12. The van der Waals surface area contributed by atoms with Crippen LogP contribution < -0.4 is 4.74 Å². The Bertz CT molecular complexity index is 1080. The maximum Gasteiger partial charge on any atom is 0.325 e. The minimum atomic E-state index is -4.05. The van der Waals surface area contributed by atoms with Crippen molar-refractivity contribution in [2.75, 3.05) is 13.7 Å². The summed E-state index contributed by atoms with van der Waals surface area (Å²) in [6.45, 7) is 1.77. The number of ether oxygens (including phenoxy) is 2. The van der Waals surface area contributed by atoms with Gasteiger partial charge >= 0.3 is 5.97 Å². The lowest BCUT2D eigenvalue weighted by Crippen LogP contribution is -2.38. The van der Waals surface area contributed by atoms with Crippen molar-refractivity contribution in [3.8, 4) is 5.75 Å². The Hall–Kier alpha value is -3.12. The van der Waals surface area contributed by atoms with Crippen molar-refractivity contribution >= 4 is 15.8 Å². The SMILES string of the molecule is CCOC(=O)C(C(Cc1ccccc1)c1ccccc1)S(=O)(=O)c1ccc(OC)cc1. The van der Waals surface area contributed by atoms with Gasteiger partial charge in [0.05, 0.1) is 18.6 Å². The number of sulfone groups is 1. The van der Waals surface area contributed by atoms with Crippen LogP contribution in [0, 0.1) is 0 Å². The third-order valence-corrected chi connectivity index (χ3v) is 7.25. The second kappa shape index (κ2) is 10.3. The van der Waals surface area contributed by atoms with Crippen LogP contribution in [0.3, 0.4) is 0 Å². The van der Waals surface area contributed by atoms with Gasteiger partial charge in [-0.15, -0.1) is 0 Å². The van der Waals surface area contributed by atoms with E-state index in [1.54, 1.807) is 19.1 Å². The summed E-state index contributed by atoms with van der Waals surface area (Å²) in [5, 5.41) is -1.39. The van der Waals surface area contributed by atoms with E-state index >= 15 is 0 Å². The topological polar surface area (TPSA) is 69.7 Å². The van der Waals surface area contributed by atoms with E-state index in [9.17, 15) is 13.2 Å². The maximum atomic E-state index is 13.7. The minimum absolute atomic E-state index is 0.0559. The molecule has 0 spiro atoms. The van der Waals surface area contributed by atoms with E-state index in [-0.39, 0.29) is 11.5 Å². The molecule has 162 valence electrons. The smallest absolute Gasteiger partial charge is 0.325 e. The fourth-order valence-corrected chi connectivity index (χ4v) is 5.43. The first kappa shape index (κ1) is 22.6. The van der Waals surface area contributed by atoms with Crippen molar-refractivity contribution < 1.29 is 22.7 Å². The molecular weight excluding hydrogens is 412 g/mol. The lowest BCUT2D eigenvalue weighted by Gasteiger charge is -2.26. The normalized spacial score (nSPS) is 13.2. The van der Waals surface area contributed by atoms with Crippen molar-refractivity contribution in [1.29, 1.82) is 0 Å². The van der Waals surface area contributed by atoms with Crippen LogP contribution in [-0.2, 0) is 25.8 Å². The molecule has 5 nitrogen and oxygen atoms in total. The fourth-order valence-electron chi connectivity index (χ4n) is 3.61. The molecule has 0 bridgehead atoms. The summed E-state index contributed by atoms with van der Waals surface area (Å²) >= 11 is 0. The molecule has 31 heavy (non-hydrogen) atoms. The summed E-state index contributed by atoms with van der Waals surface area (Å²) in [7, 11) is -2.53. The maximum absolute atomic E-state index is 13.7. The second-order valence-corrected chi connectivity index (χ2v) is 9.17. The van der Waals surface area contributed by atoms with Crippen molar-refractivity contribution in [3.05, 3.63) is 96.1 Å². The Morgan fingerprint density at radius 3 is 2.00 bits per heavy atom. The van der Waals surface area contributed by atoms with Gasteiger partial charge in [0.2, 0.25) is 0 Å². The molecule has 6 heteroatoms. The predicted octanol–water partition coefficient (Wildman–Crippen LogP) is 4.43. The van der Waals surface area contributed by atoms with Crippen LogP contribution in [-0.4, -0.2) is 33.4 Å². The van der Waals surface area contributed by atoms with Gasteiger partial charge in [-0.3, -0.25) is 4.79 Å². The van der Waals surface area contributed by atoms with Gasteiger partial charge in [0.25, 0.3) is 0 Å². The molecule has 2 atom stereocenters. The summed E-state index contributed by atoms with van der Waals surface area (Å²) in [6, 6.07) is 24.9. The zero-order valence-corrected chi connectivity index (χ0v) is 18.4. The first-order valence-corrected chi connectivity index (χ1v) is 11.7. The van der Waals surface area contributed by atoms with E-state index in [4.69, 9.17) is 9.47 Å². The number of hydrogen-bond acceptors (Lipinski definition) is 5. The summed E-state index contributed by atoms with van der Waals surface area (Å²) in [4.78, 5) is 13.1. The Kier molecular flexibility index (Phi) is 7.47. The number of rotatable bonds is 9. The number of carbonyl (C=O) groups is 1. The molecule has 0 saturated heterocycles. The van der Waals surface area contributed by atoms with Gasteiger partial charge in [-0.05, 0) is 48.7 Å². The van der Waals surface area contributed by atoms with Crippen LogP contribution in [0.1, 0.15) is 24.0 Å². The van der Waals surface area contributed by atoms with Crippen molar-refractivity contribution in [2.45, 2.75) is 29.4 Å². The second-order valence-electron chi connectivity index (χ2n) is 7.10. The molecule has 0 aliphatic heterocycles. The van der Waals surface area contributed by atoms with Crippen LogP contribution in [0.2, 0.25) is 0 Å². The Morgan fingerprint density at radius 2 is 1.45 bits per heavy atom. The minimum Gasteiger partial charge on any atom is -0.497 e. The van der Waals surface area contributed by atoms with Crippen molar-refractivity contribution in [3.63, 3.8) is 0 Å². The summed E-state index contributed by atoms with van der Waals surface area (Å²) in [5.41, 5.74) is 1.71. The van der Waals surface area contributed by atoms with Gasteiger partial charge < -0.3 is 9.47 Å². The molecule has 0 aromatic heterocycles. The molecule has 0 aliphatic rings. The number of esters is 1. The average molecular weight is 439 g/mol. The van der Waals surface area contributed by atoms with Crippen LogP contribution >= 0.6 is 0 Å². The predicted molar refractivity (Wildman–Crippen MR) is 120 cm³/mol. The molecule has 0 fully saturated rings. The molecule has 0 N–H and O–H groups in total. The highest BCUT2D eigenvalue weighted by atomic mass is 32.2. The largest absolute Gasteiger partial charge is 0.497 e. The van der Waals surface area contributed by atoms with E-state index in [1.807, 2.05) is 60.7 Å². The highest BCUT2D eigenvalue weighted by molar-refractivity contribution is 7.92. The van der Waals surface area contributed by atoms with Crippen molar-refractivity contribution in [1.82, 2.24) is 0 Å². The van der Waals surface area contributed by atoms with Gasteiger partial charge in [-0.25, -0.2) is 8.42 Å². The van der Waals surface area contributed by atoms with E-state index in [2.05, 4.69) is 0 Å². The Labute approximate surface area is 183 Å². The van der Waals surface area contributed by atoms with Crippen LogP contribution in [0.25, 0.3) is 0 Å². The number of hydrogen-bond donors (Lipinski definition) is 0. The average Bonchev–Trinajstić information content (AvgIpc) is 2.80. The molecule has 0 aliphatic carbocycles. The quantitative estimate of drug-likeness (QED) is 0.463. The first-order valence-electron chi connectivity index (χ1n) is 10.1. The van der Waals surface area contributed by atoms with Gasteiger partial charge in [0.1, 0.15) is 5.75 Å². The molecule has 0 saturated carbocycles. The van der Waals surface area contributed by atoms with E-state index in [0.29, 0.717) is 12.2 Å². The van der Waals surface area contributed by atoms with E-state index < -0.39 is 27.0 Å². The van der Waals surface area contributed by atoms with Crippen molar-refractivity contribution in [2.24, 2.45) is 0 Å².